The molecule has 0 bridgehead atoms. The van der Waals surface area contributed by atoms with E-state index in [-0.39, 0.29) is 18.8 Å². The Kier molecular flexibility index (Phi) is 5.79. The third-order valence-electron chi connectivity index (χ3n) is 5.98. The summed E-state index contributed by atoms with van der Waals surface area (Å²) < 4.78 is 49.2. The number of urea groups is 1. The zero-order valence-electron chi connectivity index (χ0n) is 19.0. The van der Waals surface area contributed by atoms with Crippen molar-refractivity contribution in [2.24, 2.45) is 12.1 Å². The van der Waals surface area contributed by atoms with Gasteiger partial charge in [-0.3, -0.25) is 9.67 Å². The minimum Gasteiger partial charge on any atom is -0.483 e. The number of aryl methyl sites for hydroxylation is 1. The number of rotatable bonds is 5. The number of carbonyl (C=O) groups is 1. The Morgan fingerprint density at radius 1 is 1.11 bits per heavy atom. The van der Waals surface area contributed by atoms with Crippen molar-refractivity contribution >= 4 is 17.9 Å². The first-order valence-electron chi connectivity index (χ1n) is 10.9. The molecule has 0 spiro atoms. The second-order valence-corrected chi connectivity index (χ2v) is 8.30. The number of pyridine rings is 1. The van der Waals surface area contributed by atoms with Gasteiger partial charge in [-0.25, -0.2) is 23.0 Å². The van der Waals surface area contributed by atoms with Crippen LogP contribution in [0.25, 0.3) is 11.4 Å². The monoisotopic (exact) mass is 485 g/mol. The average Bonchev–Trinajstić information content (AvgIpc) is 3.43. The number of anilines is 1. The average molecular weight is 485 g/mol. The Morgan fingerprint density at radius 3 is 2.57 bits per heavy atom. The van der Waals surface area contributed by atoms with E-state index in [1.807, 2.05) is 0 Å². The van der Waals surface area contributed by atoms with Crippen molar-refractivity contribution < 1.29 is 22.7 Å². The molecule has 1 saturated heterocycles. The van der Waals surface area contributed by atoms with E-state index < -0.39 is 35.6 Å². The number of halogens is 3. The lowest BCUT2D eigenvalue weighted by Crippen LogP contribution is -2.58. The molecule has 12 heteroatoms. The molecule has 0 saturated carbocycles. The fourth-order valence-electron chi connectivity index (χ4n) is 4.20. The summed E-state index contributed by atoms with van der Waals surface area (Å²) in [6, 6.07) is 3.63. The van der Waals surface area contributed by atoms with Crippen LogP contribution in [0.4, 0.5) is 23.7 Å². The van der Waals surface area contributed by atoms with Crippen LogP contribution in [0.5, 0.6) is 5.75 Å². The second-order valence-electron chi connectivity index (χ2n) is 8.30. The molecule has 2 aromatic heterocycles. The number of hydrazone groups is 1. The highest BCUT2D eigenvalue weighted by Gasteiger charge is 2.39. The third kappa shape index (κ3) is 4.27. The van der Waals surface area contributed by atoms with Crippen molar-refractivity contribution in [2.75, 3.05) is 25.5 Å². The predicted molar refractivity (Wildman–Crippen MR) is 121 cm³/mol. The van der Waals surface area contributed by atoms with Crippen molar-refractivity contribution in [2.45, 2.75) is 18.6 Å². The van der Waals surface area contributed by atoms with Crippen LogP contribution in [0.1, 0.15) is 18.0 Å². The Bertz CT molecular complexity index is 1290. The van der Waals surface area contributed by atoms with Gasteiger partial charge in [-0.2, -0.15) is 10.2 Å². The quantitative estimate of drug-likeness (QED) is 0.597. The van der Waals surface area contributed by atoms with Gasteiger partial charge in [-0.1, -0.05) is 0 Å². The molecule has 1 unspecified atom stereocenters. The van der Waals surface area contributed by atoms with Gasteiger partial charge in [0.2, 0.25) is 0 Å². The molecule has 5 rings (SSSR count). The normalized spacial score (nSPS) is 17.6. The second kappa shape index (κ2) is 8.93. The number of nitrogens with one attached hydrogen (secondary N) is 1. The highest BCUT2D eigenvalue weighted by atomic mass is 19.1. The van der Waals surface area contributed by atoms with Crippen LogP contribution in [-0.4, -0.2) is 63.2 Å². The summed E-state index contributed by atoms with van der Waals surface area (Å²) in [5.41, 5.74) is 2.21. The van der Waals surface area contributed by atoms with Crippen molar-refractivity contribution in [3.63, 3.8) is 0 Å². The van der Waals surface area contributed by atoms with Crippen molar-refractivity contribution in [3.8, 4) is 17.1 Å². The van der Waals surface area contributed by atoms with E-state index in [0.29, 0.717) is 23.4 Å². The molecule has 9 nitrogen and oxygen atoms in total. The van der Waals surface area contributed by atoms with Gasteiger partial charge in [0.15, 0.2) is 11.6 Å². The van der Waals surface area contributed by atoms with E-state index in [2.05, 4.69) is 20.5 Å². The van der Waals surface area contributed by atoms with Gasteiger partial charge in [0, 0.05) is 38.9 Å². The summed E-state index contributed by atoms with van der Waals surface area (Å²) >= 11 is 0. The van der Waals surface area contributed by atoms with Gasteiger partial charge in [-0.05, 0) is 17.7 Å². The van der Waals surface area contributed by atoms with Gasteiger partial charge in [0.05, 0.1) is 42.9 Å². The lowest BCUT2D eigenvalue weighted by atomic mass is 10.0. The van der Waals surface area contributed by atoms with Crippen LogP contribution >= 0.6 is 0 Å². The predicted octanol–water partition coefficient (Wildman–Crippen LogP) is 3.56. The molecule has 1 fully saturated rings. The van der Waals surface area contributed by atoms with E-state index in [4.69, 9.17) is 4.74 Å². The van der Waals surface area contributed by atoms with Gasteiger partial charge in [0.1, 0.15) is 23.4 Å². The number of carbonyl (C=O) groups excluding carboxylic acids is 1. The Morgan fingerprint density at radius 2 is 1.86 bits per heavy atom. The molecule has 1 aromatic carbocycles. The number of hydrogen-bond donors (Lipinski definition) is 1. The molecule has 1 atom stereocenters. The number of hydrogen-bond acceptors (Lipinski definition) is 6. The highest BCUT2D eigenvalue weighted by Crippen LogP contribution is 2.33. The molecule has 2 aliphatic rings. The Hall–Kier alpha value is -4.09. The molecule has 2 aliphatic heterocycles. The maximum absolute atomic E-state index is 14.4. The first-order valence-corrected chi connectivity index (χ1v) is 10.9. The lowest BCUT2D eigenvalue weighted by molar-refractivity contribution is 0.0256. The van der Waals surface area contributed by atoms with Gasteiger partial charge < -0.3 is 15.0 Å². The van der Waals surface area contributed by atoms with E-state index in [1.54, 1.807) is 25.0 Å². The summed E-state index contributed by atoms with van der Waals surface area (Å²) in [7, 11) is 3.50. The summed E-state index contributed by atoms with van der Waals surface area (Å²) in [5, 5.41) is 12.5. The van der Waals surface area contributed by atoms with Crippen LogP contribution in [0.15, 0.2) is 41.8 Å². The van der Waals surface area contributed by atoms with Crippen LogP contribution < -0.4 is 10.1 Å². The van der Waals surface area contributed by atoms with Gasteiger partial charge in [0.25, 0.3) is 0 Å². The number of benzene rings is 1. The van der Waals surface area contributed by atoms with E-state index in [9.17, 15) is 18.0 Å². The summed E-state index contributed by atoms with van der Waals surface area (Å²) in [6.45, 7) is 0.416. The number of ether oxygens (including phenoxy) is 1. The SMILES string of the molecule is CNc1cnn(C)c1-c1cc(OC2CN(C(=O)N3N=CCC3c3cc(F)cc(F)c3)C2)c(F)cn1. The van der Waals surface area contributed by atoms with Crippen LogP contribution in [0, 0.1) is 17.5 Å². The van der Waals surface area contributed by atoms with Gasteiger partial charge in [-0.15, -0.1) is 0 Å². The highest BCUT2D eigenvalue weighted by molar-refractivity contribution is 5.79. The number of nitrogens with zero attached hydrogens (tertiary/aromatic N) is 6. The third-order valence-corrected chi connectivity index (χ3v) is 5.98. The maximum Gasteiger partial charge on any atom is 0.341 e. The van der Waals surface area contributed by atoms with E-state index >= 15 is 0 Å². The molecular weight excluding hydrogens is 463 g/mol. The fourth-order valence-corrected chi connectivity index (χ4v) is 4.20. The minimum absolute atomic E-state index is 0.0163. The zero-order valence-corrected chi connectivity index (χ0v) is 19.0. The van der Waals surface area contributed by atoms with Crippen LogP contribution in [-0.2, 0) is 7.05 Å². The largest absolute Gasteiger partial charge is 0.483 e. The fraction of sp³-hybridized carbons (Fsp3) is 0.304. The summed E-state index contributed by atoms with van der Waals surface area (Å²) in [5.74, 6) is -2.04. The van der Waals surface area contributed by atoms with Crippen LogP contribution in [0.3, 0.4) is 0 Å². The molecule has 4 heterocycles. The first kappa shape index (κ1) is 22.7. The van der Waals surface area contributed by atoms with Crippen molar-refractivity contribution in [1.29, 1.82) is 0 Å². The summed E-state index contributed by atoms with van der Waals surface area (Å²) in [6.07, 6.45) is 4.17. The first-order chi connectivity index (χ1) is 16.8. The smallest absolute Gasteiger partial charge is 0.341 e. The van der Waals surface area contributed by atoms with Crippen molar-refractivity contribution in [1.82, 2.24) is 24.7 Å². The van der Waals surface area contributed by atoms with E-state index in [1.165, 1.54) is 34.3 Å². The van der Waals surface area contributed by atoms with Gasteiger partial charge >= 0.3 is 6.03 Å². The number of amides is 2. The number of likely N-dealkylation sites (tertiary alicyclic amines) is 1. The maximum atomic E-state index is 14.4. The van der Waals surface area contributed by atoms with Crippen LogP contribution in [0.2, 0.25) is 0 Å². The molecule has 2 amide bonds. The Labute approximate surface area is 198 Å². The molecular formula is C23H22F3N7O2. The molecule has 182 valence electrons. The minimum atomic E-state index is -0.719. The zero-order chi connectivity index (χ0) is 24.7. The number of aromatic nitrogens is 3. The molecule has 0 radical (unpaired) electrons. The Balaban J connectivity index is 1.25. The molecule has 35 heavy (non-hydrogen) atoms. The van der Waals surface area contributed by atoms with Crippen molar-refractivity contribution in [3.05, 3.63) is 59.7 Å². The molecule has 3 aromatic rings. The molecule has 0 aliphatic carbocycles. The summed E-state index contributed by atoms with van der Waals surface area (Å²) in [4.78, 5) is 18.6. The topological polar surface area (TPSA) is 87.9 Å². The molecule has 1 N–H and O–H groups in total. The standard InChI is InChI=1S/C23H22F3N7O2/c1-27-19-10-30-31(2)22(19)18-8-21(17(26)9-28-18)35-16-11-32(12-16)23(34)33-20(3-4-29-33)13-5-14(24)7-15(25)6-13/h4-10,16,20,27H,3,11-12H2,1-2H3. The lowest BCUT2D eigenvalue weighted by Gasteiger charge is -2.41. The van der Waals surface area contributed by atoms with E-state index in [0.717, 1.165) is 18.0 Å².